The quantitative estimate of drug-likeness (QED) is 0.548. The molecule has 1 saturated heterocycles. The van der Waals surface area contributed by atoms with E-state index >= 15 is 0 Å². The molecule has 0 bridgehead atoms. The Morgan fingerprint density at radius 3 is 2.84 bits per heavy atom. The van der Waals surface area contributed by atoms with Gasteiger partial charge < -0.3 is 15.7 Å². The number of sulfonamides is 1. The van der Waals surface area contributed by atoms with Crippen molar-refractivity contribution in [3.8, 4) is 0 Å². The summed E-state index contributed by atoms with van der Waals surface area (Å²) in [5.41, 5.74) is 5.33. The molecule has 1 aromatic rings. The predicted molar refractivity (Wildman–Crippen MR) is 94.5 cm³/mol. The number of carboxylic acid groups (broad SMARTS) is 1. The molecule has 0 aromatic carbocycles. The SMILES string of the molecule is NC(=O)C1CCCN(CCCNS(=O)(=O)c2cc(Cl)sc2C(=O)O)C1. The van der Waals surface area contributed by atoms with Crippen LogP contribution >= 0.6 is 22.9 Å². The Bertz CT molecular complexity index is 750. The molecule has 1 amide bonds. The monoisotopic (exact) mass is 409 g/mol. The molecule has 2 heterocycles. The second-order valence-electron chi connectivity index (χ2n) is 5.84. The van der Waals surface area contributed by atoms with Gasteiger partial charge in [0.25, 0.3) is 0 Å². The summed E-state index contributed by atoms with van der Waals surface area (Å²) in [6.45, 7) is 2.22. The average molecular weight is 410 g/mol. The first-order chi connectivity index (χ1) is 11.7. The van der Waals surface area contributed by atoms with E-state index in [0.717, 1.165) is 25.5 Å². The Hall–Kier alpha value is -1.20. The van der Waals surface area contributed by atoms with E-state index in [1.54, 1.807) is 0 Å². The van der Waals surface area contributed by atoms with Gasteiger partial charge in [0.15, 0.2) is 0 Å². The fourth-order valence-electron chi connectivity index (χ4n) is 2.77. The number of piperidine rings is 1. The summed E-state index contributed by atoms with van der Waals surface area (Å²) >= 11 is 6.45. The van der Waals surface area contributed by atoms with Crippen LogP contribution in [0.15, 0.2) is 11.0 Å². The summed E-state index contributed by atoms with van der Waals surface area (Å²) in [6, 6.07) is 1.14. The third kappa shape index (κ3) is 5.38. The maximum Gasteiger partial charge on any atom is 0.347 e. The molecule has 11 heteroatoms. The van der Waals surface area contributed by atoms with Crippen LogP contribution in [0, 0.1) is 5.92 Å². The van der Waals surface area contributed by atoms with Crippen molar-refractivity contribution in [1.29, 1.82) is 0 Å². The number of hydrogen-bond acceptors (Lipinski definition) is 6. The van der Waals surface area contributed by atoms with Gasteiger partial charge >= 0.3 is 5.97 Å². The summed E-state index contributed by atoms with van der Waals surface area (Å²) in [6.07, 6.45) is 2.20. The number of aromatic carboxylic acids is 1. The van der Waals surface area contributed by atoms with Crippen LogP contribution < -0.4 is 10.5 Å². The lowest BCUT2D eigenvalue weighted by molar-refractivity contribution is -0.123. The number of thiophene rings is 1. The zero-order chi connectivity index (χ0) is 18.6. The van der Waals surface area contributed by atoms with Gasteiger partial charge in [-0.1, -0.05) is 11.6 Å². The first-order valence-electron chi connectivity index (χ1n) is 7.74. The minimum absolute atomic E-state index is 0.101. The number of amides is 1. The predicted octanol–water partition coefficient (Wildman–Crippen LogP) is 0.965. The number of nitrogens with two attached hydrogens (primary N) is 1. The summed E-state index contributed by atoms with van der Waals surface area (Å²) < 4.78 is 27.0. The van der Waals surface area contributed by atoms with Crippen LogP contribution in [0.4, 0.5) is 0 Å². The summed E-state index contributed by atoms with van der Waals surface area (Å²) in [7, 11) is -3.94. The number of carbonyl (C=O) groups is 2. The third-order valence-corrected chi connectivity index (χ3v) is 6.87. The molecule has 8 nitrogen and oxygen atoms in total. The Morgan fingerprint density at radius 1 is 1.48 bits per heavy atom. The van der Waals surface area contributed by atoms with Gasteiger partial charge in [0.05, 0.1) is 10.3 Å². The average Bonchev–Trinajstić information content (AvgIpc) is 2.95. The highest BCUT2D eigenvalue weighted by atomic mass is 35.5. The number of rotatable bonds is 8. The van der Waals surface area contributed by atoms with Crippen molar-refractivity contribution in [3.05, 3.63) is 15.3 Å². The Kier molecular flexibility index (Phi) is 6.80. The van der Waals surface area contributed by atoms with Crippen LogP contribution in [-0.4, -0.2) is 56.5 Å². The number of halogens is 1. The van der Waals surface area contributed by atoms with Gasteiger partial charge in [-0.15, -0.1) is 11.3 Å². The number of carbonyl (C=O) groups excluding carboxylic acids is 1. The molecule has 0 saturated carbocycles. The van der Waals surface area contributed by atoms with Gasteiger partial charge in [0.2, 0.25) is 15.9 Å². The van der Waals surface area contributed by atoms with Crippen LogP contribution in [0.2, 0.25) is 4.34 Å². The fraction of sp³-hybridized carbons (Fsp3) is 0.571. The van der Waals surface area contributed by atoms with E-state index in [-0.39, 0.29) is 32.5 Å². The van der Waals surface area contributed by atoms with E-state index in [0.29, 0.717) is 30.8 Å². The van der Waals surface area contributed by atoms with Crippen LogP contribution in [0.5, 0.6) is 0 Å². The fourth-order valence-corrected chi connectivity index (χ4v) is 5.50. The molecule has 1 aliphatic heterocycles. The number of likely N-dealkylation sites (tertiary alicyclic amines) is 1. The largest absolute Gasteiger partial charge is 0.477 e. The molecular weight excluding hydrogens is 390 g/mol. The zero-order valence-corrected chi connectivity index (χ0v) is 15.8. The van der Waals surface area contributed by atoms with Crippen molar-refractivity contribution in [2.24, 2.45) is 11.7 Å². The van der Waals surface area contributed by atoms with Gasteiger partial charge in [0, 0.05) is 13.1 Å². The number of primary amides is 1. The van der Waals surface area contributed by atoms with Crippen molar-refractivity contribution < 1.29 is 23.1 Å². The molecule has 2 rings (SSSR count). The molecule has 1 fully saturated rings. The molecule has 4 N–H and O–H groups in total. The standard InChI is InChI=1S/C14H20ClN3O5S2/c15-11-7-10(12(24-11)14(20)21)25(22,23)17-4-2-6-18-5-1-3-9(8-18)13(16)19/h7,9,17H,1-6,8H2,(H2,16,19)(H,20,21). The molecule has 0 radical (unpaired) electrons. The Labute approximate surface area is 155 Å². The third-order valence-electron chi connectivity index (χ3n) is 4.00. The first kappa shape index (κ1) is 20.1. The summed E-state index contributed by atoms with van der Waals surface area (Å²) in [5.74, 6) is -1.79. The molecule has 1 atom stereocenters. The molecule has 0 aliphatic carbocycles. The van der Waals surface area contributed by atoms with E-state index in [9.17, 15) is 18.0 Å². The van der Waals surface area contributed by atoms with E-state index < -0.39 is 16.0 Å². The van der Waals surface area contributed by atoms with E-state index in [4.69, 9.17) is 22.4 Å². The van der Waals surface area contributed by atoms with Crippen LogP contribution in [0.3, 0.4) is 0 Å². The normalized spacial score (nSPS) is 19.0. The van der Waals surface area contributed by atoms with E-state index in [1.807, 2.05) is 0 Å². The lowest BCUT2D eigenvalue weighted by atomic mass is 9.97. The first-order valence-corrected chi connectivity index (χ1v) is 10.4. The summed E-state index contributed by atoms with van der Waals surface area (Å²) in [4.78, 5) is 23.8. The lowest BCUT2D eigenvalue weighted by Crippen LogP contribution is -2.42. The second kappa shape index (κ2) is 8.45. The topological polar surface area (TPSA) is 130 Å². The molecule has 1 aromatic heterocycles. The highest BCUT2D eigenvalue weighted by molar-refractivity contribution is 7.89. The molecule has 1 aliphatic rings. The van der Waals surface area contributed by atoms with Crippen LogP contribution in [0.1, 0.15) is 28.9 Å². The Balaban J connectivity index is 1.87. The summed E-state index contributed by atoms with van der Waals surface area (Å²) in [5, 5.41) is 9.07. The van der Waals surface area contributed by atoms with Gasteiger partial charge in [-0.2, -0.15) is 0 Å². The van der Waals surface area contributed by atoms with E-state index in [2.05, 4.69) is 9.62 Å². The zero-order valence-electron chi connectivity index (χ0n) is 13.4. The van der Waals surface area contributed by atoms with Gasteiger partial charge in [-0.3, -0.25) is 4.79 Å². The number of hydrogen-bond donors (Lipinski definition) is 3. The lowest BCUT2D eigenvalue weighted by Gasteiger charge is -2.31. The molecule has 25 heavy (non-hydrogen) atoms. The highest BCUT2D eigenvalue weighted by Crippen LogP contribution is 2.30. The molecule has 0 spiro atoms. The molecule has 1 unspecified atom stereocenters. The number of nitrogens with zero attached hydrogens (tertiary/aromatic N) is 1. The molecular formula is C14H20ClN3O5S2. The maximum atomic E-state index is 12.3. The van der Waals surface area contributed by atoms with Crippen molar-refractivity contribution in [2.75, 3.05) is 26.2 Å². The molecule has 140 valence electrons. The second-order valence-corrected chi connectivity index (χ2v) is 9.26. The number of carboxylic acids is 1. The Morgan fingerprint density at radius 2 is 2.20 bits per heavy atom. The van der Waals surface area contributed by atoms with Gasteiger partial charge in [0.1, 0.15) is 9.77 Å². The smallest absolute Gasteiger partial charge is 0.347 e. The number of nitrogens with one attached hydrogen (secondary N) is 1. The minimum atomic E-state index is -3.94. The highest BCUT2D eigenvalue weighted by Gasteiger charge is 2.26. The van der Waals surface area contributed by atoms with Crippen LogP contribution in [0.25, 0.3) is 0 Å². The minimum Gasteiger partial charge on any atom is -0.477 e. The van der Waals surface area contributed by atoms with Crippen molar-refractivity contribution in [1.82, 2.24) is 9.62 Å². The van der Waals surface area contributed by atoms with Crippen molar-refractivity contribution in [3.63, 3.8) is 0 Å². The van der Waals surface area contributed by atoms with E-state index in [1.165, 1.54) is 0 Å². The maximum absolute atomic E-state index is 12.3. The van der Waals surface area contributed by atoms with Gasteiger partial charge in [-0.05, 0) is 38.4 Å². The van der Waals surface area contributed by atoms with Gasteiger partial charge in [-0.25, -0.2) is 17.9 Å². The van der Waals surface area contributed by atoms with Crippen molar-refractivity contribution >= 4 is 44.8 Å². The van der Waals surface area contributed by atoms with Crippen molar-refractivity contribution in [2.45, 2.75) is 24.2 Å². The van der Waals surface area contributed by atoms with Crippen LogP contribution in [-0.2, 0) is 14.8 Å².